The number of hydrogen-bond acceptors (Lipinski definition) is 5. The van der Waals surface area contributed by atoms with E-state index in [-0.39, 0.29) is 22.0 Å². The molecule has 1 amide bonds. The first-order valence-electron chi connectivity index (χ1n) is 8.42. The third-order valence-corrected chi connectivity index (χ3v) is 4.41. The van der Waals surface area contributed by atoms with Gasteiger partial charge in [0.1, 0.15) is 23.2 Å². The molecule has 0 atom stereocenters. The molecule has 144 valence electrons. The molecule has 0 radical (unpaired) electrons. The Morgan fingerprint density at radius 3 is 2.66 bits per heavy atom. The molecular weight excluding hydrogens is 394 g/mol. The highest BCUT2D eigenvalue weighted by molar-refractivity contribution is 6.33. The van der Waals surface area contributed by atoms with Crippen molar-refractivity contribution in [3.05, 3.63) is 86.6 Å². The number of carbonyl (C=O) groups is 1. The lowest BCUT2D eigenvalue weighted by Crippen LogP contribution is -2.14. The highest BCUT2D eigenvalue weighted by atomic mass is 35.5. The maximum absolute atomic E-state index is 12.4. The summed E-state index contributed by atoms with van der Waals surface area (Å²) in [5.41, 5.74) is 1.66. The number of nitriles is 1. The van der Waals surface area contributed by atoms with Crippen molar-refractivity contribution >= 4 is 35.0 Å². The number of nitrogens with zero attached hydrogens (tertiary/aromatic N) is 2. The van der Waals surface area contributed by atoms with E-state index in [2.05, 4.69) is 5.32 Å². The molecule has 0 fully saturated rings. The molecule has 3 rings (SSSR count). The van der Waals surface area contributed by atoms with E-state index >= 15 is 0 Å². The second kappa shape index (κ2) is 8.42. The van der Waals surface area contributed by atoms with E-state index in [1.54, 1.807) is 24.3 Å². The fraction of sp³-hybridized carbons (Fsp3) is 0.0476. The van der Waals surface area contributed by atoms with E-state index in [0.717, 1.165) is 5.56 Å². The second-order valence-corrected chi connectivity index (χ2v) is 6.47. The zero-order valence-electron chi connectivity index (χ0n) is 15.2. The molecule has 8 heteroatoms. The van der Waals surface area contributed by atoms with Gasteiger partial charge in [-0.15, -0.1) is 0 Å². The molecule has 0 aliphatic heterocycles. The molecule has 7 nitrogen and oxygen atoms in total. The summed E-state index contributed by atoms with van der Waals surface area (Å²) in [5.74, 6) is 0.0618. The van der Waals surface area contributed by atoms with E-state index in [9.17, 15) is 20.2 Å². The van der Waals surface area contributed by atoms with Crippen LogP contribution in [0.15, 0.2) is 64.6 Å². The first kappa shape index (κ1) is 19.9. The van der Waals surface area contributed by atoms with E-state index in [4.69, 9.17) is 16.0 Å². The van der Waals surface area contributed by atoms with Gasteiger partial charge in [0.15, 0.2) is 0 Å². The number of nitro groups is 1. The van der Waals surface area contributed by atoms with Gasteiger partial charge in [0.05, 0.1) is 9.95 Å². The average Bonchev–Trinajstić information content (AvgIpc) is 3.16. The Morgan fingerprint density at radius 1 is 1.24 bits per heavy atom. The number of anilines is 1. The van der Waals surface area contributed by atoms with Crippen molar-refractivity contribution in [2.45, 2.75) is 6.92 Å². The van der Waals surface area contributed by atoms with Gasteiger partial charge in [0.2, 0.25) is 0 Å². The minimum atomic E-state index is -0.562. The number of aryl methyl sites for hydroxylation is 1. The highest BCUT2D eigenvalue weighted by Gasteiger charge is 2.15. The van der Waals surface area contributed by atoms with Crippen LogP contribution in [-0.2, 0) is 4.79 Å². The van der Waals surface area contributed by atoms with Crippen LogP contribution in [-0.4, -0.2) is 10.8 Å². The summed E-state index contributed by atoms with van der Waals surface area (Å²) in [6.07, 6.45) is 1.32. The first-order valence-corrected chi connectivity index (χ1v) is 8.80. The van der Waals surface area contributed by atoms with Gasteiger partial charge < -0.3 is 9.73 Å². The van der Waals surface area contributed by atoms with Crippen molar-refractivity contribution in [3.63, 3.8) is 0 Å². The molecule has 0 bridgehead atoms. The molecule has 1 heterocycles. The Kier molecular flexibility index (Phi) is 5.77. The summed E-state index contributed by atoms with van der Waals surface area (Å²) >= 11 is 6.11. The Bertz CT molecular complexity index is 1170. The van der Waals surface area contributed by atoms with Gasteiger partial charge in [0, 0.05) is 29.5 Å². The van der Waals surface area contributed by atoms with Gasteiger partial charge in [-0.2, -0.15) is 5.26 Å². The van der Waals surface area contributed by atoms with Crippen LogP contribution in [0.5, 0.6) is 0 Å². The predicted molar refractivity (Wildman–Crippen MR) is 109 cm³/mol. The van der Waals surface area contributed by atoms with E-state index < -0.39 is 10.8 Å². The molecule has 3 aromatic rings. The minimum absolute atomic E-state index is 0.134. The monoisotopic (exact) mass is 407 g/mol. The van der Waals surface area contributed by atoms with Crippen LogP contribution in [0.25, 0.3) is 17.4 Å². The Balaban J connectivity index is 1.84. The zero-order chi connectivity index (χ0) is 21.0. The number of nitrogens with one attached hydrogen (secondary N) is 1. The number of furan rings is 1. The second-order valence-electron chi connectivity index (χ2n) is 6.06. The number of rotatable bonds is 5. The van der Waals surface area contributed by atoms with Gasteiger partial charge in [0.25, 0.3) is 11.6 Å². The normalized spacial score (nSPS) is 11.0. The van der Waals surface area contributed by atoms with Crippen molar-refractivity contribution < 1.29 is 14.1 Å². The van der Waals surface area contributed by atoms with Crippen LogP contribution in [0.1, 0.15) is 11.3 Å². The molecule has 0 aliphatic rings. The number of para-hydroxylation sites is 1. The Morgan fingerprint density at radius 2 is 2.00 bits per heavy atom. The fourth-order valence-electron chi connectivity index (χ4n) is 2.59. The van der Waals surface area contributed by atoms with Gasteiger partial charge in [-0.05, 0) is 36.8 Å². The number of carbonyl (C=O) groups excluding carboxylic acids is 1. The Hall–Kier alpha value is -3.89. The molecular formula is C21H14ClN3O4. The summed E-state index contributed by atoms with van der Waals surface area (Å²) in [4.78, 5) is 22.7. The summed E-state index contributed by atoms with van der Waals surface area (Å²) in [6, 6.07) is 16.3. The molecule has 29 heavy (non-hydrogen) atoms. The topological polar surface area (TPSA) is 109 Å². The molecule has 0 saturated heterocycles. The van der Waals surface area contributed by atoms with E-state index in [1.165, 1.54) is 24.3 Å². The number of benzene rings is 2. The number of non-ortho nitro benzene ring substituents is 1. The maximum atomic E-state index is 12.4. The lowest BCUT2D eigenvalue weighted by Gasteiger charge is -2.06. The highest BCUT2D eigenvalue weighted by Crippen LogP contribution is 2.32. The minimum Gasteiger partial charge on any atom is -0.457 e. The quantitative estimate of drug-likeness (QED) is 0.265. The van der Waals surface area contributed by atoms with Crippen molar-refractivity contribution in [3.8, 4) is 17.4 Å². The first-order chi connectivity index (χ1) is 13.9. The third-order valence-electron chi connectivity index (χ3n) is 4.10. The number of nitro benzene ring substituents is 1. The number of halogens is 1. The predicted octanol–water partition coefficient (Wildman–Crippen LogP) is 5.36. The molecule has 2 aromatic carbocycles. The summed E-state index contributed by atoms with van der Waals surface area (Å²) in [5, 5.41) is 23.0. The number of amides is 1. The Labute approximate surface area is 171 Å². The van der Waals surface area contributed by atoms with Crippen LogP contribution in [0.2, 0.25) is 5.02 Å². The van der Waals surface area contributed by atoms with Crippen molar-refractivity contribution in [1.29, 1.82) is 5.26 Å². The van der Waals surface area contributed by atoms with Crippen LogP contribution < -0.4 is 5.32 Å². The maximum Gasteiger partial charge on any atom is 0.270 e. The zero-order valence-corrected chi connectivity index (χ0v) is 15.9. The van der Waals surface area contributed by atoms with Gasteiger partial charge in [-0.25, -0.2) is 0 Å². The van der Waals surface area contributed by atoms with Crippen molar-refractivity contribution in [2.24, 2.45) is 0 Å². The summed E-state index contributed by atoms with van der Waals surface area (Å²) in [6.45, 7) is 1.85. The SMILES string of the molecule is Cc1ccccc1NC(=O)/C(C#N)=C/c1ccc(-c2ccc([N+](=O)[O-])cc2Cl)o1. The van der Waals surface area contributed by atoms with Crippen LogP contribution >= 0.6 is 11.6 Å². The smallest absolute Gasteiger partial charge is 0.270 e. The van der Waals surface area contributed by atoms with Crippen LogP contribution in [0.3, 0.4) is 0 Å². The fourth-order valence-corrected chi connectivity index (χ4v) is 2.85. The average molecular weight is 408 g/mol. The van der Waals surface area contributed by atoms with Crippen LogP contribution in [0, 0.1) is 28.4 Å². The van der Waals surface area contributed by atoms with Gasteiger partial charge in [-0.1, -0.05) is 29.8 Å². The lowest BCUT2D eigenvalue weighted by molar-refractivity contribution is -0.384. The van der Waals surface area contributed by atoms with Crippen LogP contribution in [0.4, 0.5) is 11.4 Å². The largest absolute Gasteiger partial charge is 0.457 e. The van der Waals surface area contributed by atoms with E-state index in [1.807, 2.05) is 25.1 Å². The van der Waals surface area contributed by atoms with Crippen molar-refractivity contribution in [1.82, 2.24) is 0 Å². The summed E-state index contributed by atoms with van der Waals surface area (Å²) < 4.78 is 5.65. The van der Waals surface area contributed by atoms with E-state index in [0.29, 0.717) is 17.0 Å². The van der Waals surface area contributed by atoms with Gasteiger partial charge >= 0.3 is 0 Å². The number of hydrogen-bond donors (Lipinski definition) is 1. The molecule has 0 aliphatic carbocycles. The van der Waals surface area contributed by atoms with Gasteiger partial charge in [-0.3, -0.25) is 14.9 Å². The molecule has 1 N–H and O–H groups in total. The molecule has 1 aromatic heterocycles. The standard InChI is InChI=1S/C21H14ClN3O4/c1-13-4-2-3-5-19(13)24-21(26)14(12-23)10-16-7-9-20(29-16)17-8-6-15(25(27)28)11-18(17)22/h2-11H,1H3,(H,24,26)/b14-10+. The lowest BCUT2D eigenvalue weighted by atomic mass is 10.1. The summed E-state index contributed by atoms with van der Waals surface area (Å²) in [7, 11) is 0. The molecule has 0 spiro atoms. The molecule has 0 unspecified atom stereocenters. The van der Waals surface area contributed by atoms with Crippen molar-refractivity contribution in [2.75, 3.05) is 5.32 Å². The molecule has 0 saturated carbocycles. The third kappa shape index (κ3) is 4.51.